The molecule has 3 rings (SSSR count). The molecule has 0 unspecified atom stereocenters. The van der Waals surface area contributed by atoms with Gasteiger partial charge in [-0.25, -0.2) is 14.4 Å². The zero-order chi connectivity index (χ0) is 19.8. The van der Waals surface area contributed by atoms with Gasteiger partial charge in [0.25, 0.3) is 0 Å². The number of alkyl halides is 3. The summed E-state index contributed by atoms with van der Waals surface area (Å²) in [6.45, 7) is -0.0392. The van der Waals surface area contributed by atoms with Crippen molar-refractivity contribution in [2.45, 2.75) is 12.8 Å². The zero-order valence-corrected chi connectivity index (χ0v) is 16.5. The van der Waals surface area contributed by atoms with E-state index in [4.69, 9.17) is 16.3 Å². The highest BCUT2D eigenvalue weighted by molar-refractivity contribution is 14.1. The van der Waals surface area contributed by atoms with Gasteiger partial charge < -0.3 is 9.30 Å². The SMILES string of the molecule is Cn1cc(C(F)(F)F)nc1-c1ccc(COc2ncc(I)c(Cl)n2)cc1F. The molecule has 0 saturated carbocycles. The van der Waals surface area contributed by atoms with Crippen LogP contribution < -0.4 is 4.74 Å². The Morgan fingerprint density at radius 2 is 2.00 bits per heavy atom. The standard InChI is InChI=1S/C16H10ClF4IN4O/c1-26-6-12(16(19,20)21)24-14(26)9-3-2-8(4-10(9)18)7-27-15-23-5-11(22)13(17)25-15/h2-6H,7H2,1H3. The van der Waals surface area contributed by atoms with E-state index < -0.39 is 17.7 Å². The lowest BCUT2D eigenvalue weighted by atomic mass is 10.1. The molecular formula is C16H10ClF4IN4O. The Bertz CT molecular complexity index is 993. The van der Waals surface area contributed by atoms with Crippen LogP contribution in [-0.2, 0) is 19.8 Å². The summed E-state index contributed by atoms with van der Waals surface area (Å²) in [6, 6.07) is 4.06. The highest BCUT2D eigenvalue weighted by atomic mass is 127. The van der Waals surface area contributed by atoms with Gasteiger partial charge in [0.05, 0.1) is 9.13 Å². The van der Waals surface area contributed by atoms with E-state index >= 15 is 0 Å². The van der Waals surface area contributed by atoms with Gasteiger partial charge in [-0.15, -0.1) is 0 Å². The third kappa shape index (κ3) is 4.49. The van der Waals surface area contributed by atoms with Crippen molar-refractivity contribution >= 4 is 34.2 Å². The normalized spacial score (nSPS) is 11.7. The molecule has 3 aromatic rings. The number of nitrogens with zero attached hydrogens (tertiary/aromatic N) is 4. The molecule has 0 N–H and O–H groups in total. The first-order valence-corrected chi connectivity index (χ1v) is 8.81. The van der Waals surface area contributed by atoms with Crippen LogP contribution in [0.5, 0.6) is 6.01 Å². The molecule has 0 radical (unpaired) electrons. The number of benzene rings is 1. The molecule has 0 atom stereocenters. The van der Waals surface area contributed by atoms with Crippen LogP contribution in [0.25, 0.3) is 11.4 Å². The topological polar surface area (TPSA) is 52.8 Å². The molecule has 27 heavy (non-hydrogen) atoms. The number of hydrogen-bond donors (Lipinski definition) is 0. The molecule has 0 aliphatic carbocycles. The third-order valence-electron chi connectivity index (χ3n) is 3.49. The molecular weight excluding hydrogens is 503 g/mol. The summed E-state index contributed by atoms with van der Waals surface area (Å²) in [4.78, 5) is 11.3. The number of aromatic nitrogens is 4. The summed E-state index contributed by atoms with van der Waals surface area (Å²) < 4.78 is 59.9. The van der Waals surface area contributed by atoms with Crippen molar-refractivity contribution in [2.24, 2.45) is 7.05 Å². The molecule has 5 nitrogen and oxygen atoms in total. The summed E-state index contributed by atoms with van der Waals surface area (Å²) in [7, 11) is 1.37. The molecule has 0 amide bonds. The van der Waals surface area contributed by atoms with E-state index in [1.54, 1.807) is 0 Å². The molecule has 2 heterocycles. The van der Waals surface area contributed by atoms with Crippen LogP contribution in [0.15, 0.2) is 30.6 Å². The van der Waals surface area contributed by atoms with Crippen molar-refractivity contribution in [1.82, 2.24) is 19.5 Å². The van der Waals surface area contributed by atoms with Crippen molar-refractivity contribution in [1.29, 1.82) is 0 Å². The number of hydrogen-bond acceptors (Lipinski definition) is 4. The van der Waals surface area contributed by atoms with E-state index in [1.807, 2.05) is 22.6 Å². The molecule has 0 spiro atoms. The molecule has 0 aliphatic heterocycles. The number of aryl methyl sites for hydroxylation is 1. The van der Waals surface area contributed by atoms with E-state index in [1.165, 1.54) is 25.4 Å². The zero-order valence-electron chi connectivity index (χ0n) is 13.6. The lowest BCUT2D eigenvalue weighted by molar-refractivity contribution is -0.140. The van der Waals surface area contributed by atoms with Crippen LogP contribution in [-0.4, -0.2) is 19.5 Å². The minimum atomic E-state index is -4.60. The van der Waals surface area contributed by atoms with Crippen molar-refractivity contribution in [3.8, 4) is 17.4 Å². The van der Waals surface area contributed by atoms with Gasteiger partial charge in [0.1, 0.15) is 23.4 Å². The maximum absolute atomic E-state index is 14.4. The number of rotatable bonds is 4. The Hall–Kier alpha value is -1.95. The highest BCUT2D eigenvalue weighted by Gasteiger charge is 2.34. The first-order chi connectivity index (χ1) is 12.6. The van der Waals surface area contributed by atoms with E-state index in [9.17, 15) is 17.6 Å². The van der Waals surface area contributed by atoms with E-state index in [2.05, 4.69) is 15.0 Å². The Kier molecular flexibility index (Phi) is 5.56. The second kappa shape index (κ2) is 7.58. The average molecular weight is 513 g/mol. The summed E-state index contributed by atoms with van der Waals surface area (Å²) >= 11 is 7.83. The minimum absolute atomic E-state index is 0.0313. The number of halogens is 6. The predicted molar refractivity (Wildman–Crippen MR) is 97.7 cm³/mol. The third-order valence-corrected chi connectivity index (χ3v) is 4.88. The van der Waals surface area contributed by atoms with Crippen molar-refractivity contribution in [3.05, 3.63) is 56.4 Å². The Labute approximate surface area is 169 Å². The van der Waals surface area contributed by atoms with Crippen LogP contribution in [0.4, 0.5) is 17.6 Å². The fourth-order valence-electron chi connectivity index (χ4n) is 2.23. The molecule has 1 aromatic carbocycles. The highest BCUT2D eigenvalue weighted by Crippen LogP contribution is 2.31. The molecule has 0 saturated heterocycles. The van der Waals surface area contributed by atoms with Gasteiger partial charge in [-0.3, -0.25) is 0 Å². The summed E-state index contributed by atoms with van der Waals surface area (Å²) in [5, 5.41) is 0.234. The van der Waals surface area contributed by atoms with Crippen molar-refractivity contribution < 1.29 is 22.3 Å². The monoisotopic (exact) mass is 512 g/mol. The first-order valence-electron chi connectivity index (χ1n) is 7.35. The van der Waals surface area contributed by atoms with Crippen molar-refractivity contribution in [3.63, 3.8) is 0 Å². The van der Waals surface area contributed by atoms with Crippen LogP contribution in [0.3, 0.4) is 0 Å². The average Bonchev–Trinajstić information content (AvgIpc) is 2.98. The number of ether oxygens (including phenoxy) is 1. The Morgan fingerprint density at radius 1 is 1.26 bits per heavy atom. The van der Waals surface area contributed by atoms with E-state index in [0.29, 0.717) is 9.13 Å². The van der Waals surface area contributed by atoms with Crippen molar-refractivity contribution in [2.75, 3.05) is 0 Å². The minimum Gasteiger partial charge on any atom is -0.459 e. The largest absolute Gasteiger partial charge is 0.459 e. The van der Waals surface area contributed by atoms with Crippen LogP contribution in [0.1, 0.15) is 11.3 Å². The van der Waals surface area contributed by atoms with E-state index in [-0.39, 0.29) is 29.2 Å². The fourth-order valence-corrected chi connectivity index (χ4v) is 2.61. The molecule has 0 bridgehead atoms. The second-order valence-corrected chi connectivity index (χ2v) is 6.97. The van der Waals surface area contributed by atoms with Crippen LogP contribution in [0, 0.1) is 9.39 Å². The van der Waals surface area contributed by atoms with Crippen LogP contribution in [0.2, 0.25) is 5.15 Å². The molecule has 2 aromatic heterocycles. The van der Waals surface area contributed by atoms with E-state index in [0.717, 1.165) is 16.8 Å². The Morgan fingerprint density at radius 3 is 2.59 bits per heavy atom. The lowest BCUT2D eigenvalue weighted by Gasteiger charge is -2.08. The lowest BCUT2D eigenvalue weighted by Crippen LogP contribution is -2.05. The maximum atomic E-state index is 14.4. The van der Waals surface area contributed by atoms with Gasteiger partial charge in [-0.1, -0.05) is 17.7 Å². The smallest absolute Gasteiger partial charge is 0.434 e. The van der Waals surface area contributed by atoms with Gasteiger partial charge in [-0.05, 0) is 40.3 Å². The quantitative estimate of drug-likeness (QED) is 0.284. The van der Waals surface area contributed by atoms with Gasteiger partial charge in [0, 0.05) is 19.4 Å². The van der Waals surface area contributed by atoms with Gasteiger partial charge >= 0.3 is 12.2 Å². The molecule has 0 aliphatic rings. The summed E-state index contributed by atoms with van der Waals surface area (Å²) in [5.74, 6) is -0.847. The van der Waals surface area contributed by atoms with Crippen LogP contribution >= 0.6 is 34.2 Å². The van der Waals surface area contributed by atoms with Gasteiger partial charge in [0.15, 0.2) is 5.69 Å². The molecule has 11 heteroatoms. The summed E-state index contributed by atoms with van der Waals surface area (Å²) in [6.07, 6.45) is -2.31. The summed E-state index contributed by atoms with van der Waals surface area (Å²) in [5.41, 5.74) is -0.690. The molecule has 0 fully saturated rings. The predicted octanol–water partition coefficient (Wildman–Crippen LogP) is 4.87. The first kappa shape index (κ1) is 19.8. The molecule has 142 valence electrons. The Balaban J connectivity index is 1.80. The second-order valence-electron chi connectivity index (χ2n) is 5.45. The number of imidazole rings is 1. The fraction of sp³-hybridized carbons (Fsp3) is 0.188. The van der Waals surface area contributed by atoms with Gasteiger partial charge in [-0.2, -0.15) is 18.2 Å². The maximum Gasteiger partial charge on any atom is 0.434 e. The van der Waals surface area contributed by atoms with Gasteiger partial charge in [0.2, 0.25) is 0 Å².